The van der Waals surface area contributed by atoms with Crippen LogP contribution in [-0.2, 0) is 6.54 Å². The van der Waals surface area contributed by atoms with Crippen molar-refractivity contribution in [1.29, 1.82) is 0 Å². The molecule has 0 unspecified atom stereocenters. The smallest absolute Gasteiger partial charge is 0.158 e. The molecule has 1 aromatic carbocycles. The van der Waals surface area contributed by atoms with E-state index in [4.69, 9.17) is 5.73 Å². The quantitative estimate of drug-likeness (QED) is 0.662. The number of nitrogens with zero attached hydrogens (tertiary/aromatic N) is 4. The number of nitrogens with two attached hydrogens (primary N) is 1. The van der Waals surface area contributed by atoms with Crippen molar-refractivity contribution in [2.45, 2.75) is 32.0 Å². The molecule has 1 fully saturated rings. The maximum atomic E-state index is 10.1. The van der Waals surface area contributed by atoms with Crippen molar-refractivity contribution in [3.05, 3.63) is 54.0 Å². The predicted molar refractivity (Wildman–Crippen MR) is 101 cm³/mol. The zero-order valence-corrected chi connectivity index (χ0v) is 14.8. The van der Waals surface area contributed by atoms with E-state index >= 15 is 0 Å². The molecule has 0 amide bonds. The number of anilines is 2. The van der Waals surface area contributed by atoms with Gasteiger partial charge in [-0.25, -0.2) is 9.50 Å². The van der Waals surface area contributed by atoms with Crippen LogP contribution in [0, 0.1) is 6.92 Å². The molecular weight excluding hydrogens is 328 g/mol. The van der Waals surface area contributed by atoms with Crippen LogP contribution in [0.1, 0.15) is 17.5 Å². The van der Waals surface area contributed by atoms with E-state index in [1.165, 1.54) is 5.56 Å². The molecule has 1 saturated heterocycles. The van der Waals surface area contributed by atoms with Crippen LogP contribution in [0.15, 0.2) is 42.9 Å². The molecule has 0 aliphatic carbocycles. The van der Waals surface area contributed by atoms with Crippen molar-refractivity contribution in [3.8, 4) is 0 Å². The number of rotatable bonds is 4. The molecule has 3 heterocycles. The molecule has 2 atom stereocenters. The van der Waals surface area contributed by atoms with Crippen LogP contribution in [0.4, 0.5) is 11.5 Å². The fraction of sp³-hybridized carbons (Fsp3) is 0.368. The minimum absolute atomic E-state index is 0.126. The Bertz CT molecular complexity index is 908. The van der Waals surface area contributed by atoms with E-state index in [0.717, 1.165) is 42.1 Å². The van der Waals surface area contributed by atoms with E-state index in [2.05, 4.69) is 45.4 Å². The highest BCUT2D eigenvalue weighted by atomic mass is 16.3. The fourth-order valence-corrected chi connectivity index (χ4v) is 3.50. The van der Waals surface area contributed by atoms with Gasteiger partial charge >= 0.3 is 0 Å². The lowest BCUT2D eigenvalue weighted by molar-refractivity contribution is 0.0501. The van der Waals surface area contributed by atoms with Gasteiger partial charge in [0, 0.05) is 37.6 Å². The normalized spacial score (nSPS) is 21.2. The van der Waals surface area contributed by atoms with Gasteiger partial charge in [0.2, 0.25) is 0 Å². The Kier molecular flexibility index (Phi) is 4.58. The van der Waals surface area contributed by atoms with Crippen molar-refractivity contribution in [1.82, 2.24) is 19.5 Å². The summed E-state index contributed by atoms with van der Waals surface area (Å²) in [5, 5.41) is 17.8. The van der Waals surface area contributed by atoms with Crippen LogP contribution >= 0.6 is 0 Å². The summed E-state index contributed by atoms with van der Waals surface area (Å²) in [6, 6.07) is 10.1. The second kappa shape index (κ2) is 7.03. The van der Waals surface area contributed by atoms with Gasteiger partial charge < -0.3 is 16.2 Å². The number of nitrogens with one attached hydrogen (secondary N) is 1. The van der Waals surface area contributed by atoms with Crippen molar-refractivity contribution in [2.24, 2.45) is 5.73 Å². The molecule has 7 nitrogen and oxygen atoms in total. The van der Waals surface area contributed by atoms with E-state index in [1.807, 2.05) is 22.8 Å². The van der Waals surface area contributed by atoms with Crippen molar-refractivity contribution in [2.75, 3.05) is 18.4 Å². The number of aromatic nitrogens is 3. The molecule has 136 valence electrons. The van der Waals surface area contributed by atoms with E-state index in [9.17, 15) is 5.11 Å². The predicted octanol–water partition coefficient (Wildman–Crippen LogP) is 1.68. The SMILES string of the molecule is Cc1cccc(Nc2ncnn3ccc(CN4CC[C@@H](N)[C@H](O)C4)c23)c1. The first kappa shape index (κ1) is 17.0. The zero-order valence-electron chi connectivity index (χ0n) is 14.8. The number of aliphatic hydroxyl groups excluding tert-OH is 1. The first-order valence-electron chi connectivity index (χ1n) is 8.91. The van der Waals surface area contributed by atoms with E-state index in [1.54, 1.807) is 6.33 Å². The largest absolute Gasteiger partial charge is 0.390 e. The average Bonchev–Trinajstić information content (AvgIpc) is 3.02. The number of hydrogen-bond acceptors (Lipinski definition) is 6. The maximum Gasteiger partial charge on any atom is 0.158 e. The molecule has 2 aromatic heterocycles. The lowest BCUT2D eigenvalue weighted by atomic mass is 10.0. The van der Waals surface area contributed by atoms with Gasteiger partial charge in [0.1, 0.15) is 11.8 Å². The Hall–Kier alpha value is -2.48. The third kappa shape index (κ3) is 3.41. The van der Waals surface area contributed by atoms with Gasteiger partial charge in [0.25, 0.3) is 0 Å². The molecule has 0 bridgehead atoms. The van der Waals surface area contributed by atoms with Crippen molar-refractivity contribution < 1.29 is 5.11 Å². The molecule has 0 radical (unpaired) electrons. The highest BCUT2D eigenvalue weighted by molar-refractivity contribution is 5.76. The molecule has 3 aromatic rings. The van der Waals surface area contributed by atoms with Gasteiger partial charge in [-0.3, -0.25) is 4.90 Å². The van der Waals surface area contributed by atoms with Crippen LogP contribution < -0.4 is 11.1 Å². The van der Waals surface area contributed by atoms with Gasteiger partial charge in [-0.1, -0.05) is 12.1 Å². The first-order valence-corrected chi connectivity index (χ1v) is 8.91. The average molecular weight is 352 g/mol. The Morgan fingerprint density at radius 1 is 1.35 bits per heavy atom. The van der Waals surface area contributed by atoms with Crippen molar-refractivity contribution in [3.63, 3.8) is 0 Å². The molecule has 1 aliphatic rings. The third-order valence-electron chi connectivity index (χ3n) is 4.93. The van der Waals surface area contributed by atoms with E-state index in [-0.39, 0.29) is 6.04 Å². The number of fused-ring (bicyclic) bond motifs is 1. The molecule has 0 spiro atoms. The summed E-state index contributed by atoms with van der Waals surface area (Å²) < 4.78 is 1.84. The molecule has 1 aliphatic heterocycles. The van der Waals surface area contributed by atoms with Gasteiger partial charge in [0.15, 0.2) is 5.82 Å². The van der Waals surface area contributed by atoms with Gasteiger partial charge in [-0.2, -0.15) is 5.10 Å². The summed E-state index contributed by atoms with van der Waals surface area (Å²) in [4.78, 5) is 6.68. The topological polar surface area (TPSA) is 91.7 Å². The number of β-amino-alcohol motifs (C(OH)–C–C–N with tert-alkyl or cyclic N) is 1. The second-order valence-electron chi connectivity index (χ2n) is 6.99. The minimum Gasteiger partial charge on any atom is -0.390 e. The number of hydrogen-bond donors (Lipinski definition) is 3. The molecule has 4 N–H and O–H groups in total. The van der Waals surface area contributed by atoms with Crippen LogP contribution in [0.3, 0.4) is 0 Å². The minimum atomic E-state index is -0.473. The summed E-state index contributed by atoms with van der Waals surface area (Å²) in [6.45, 7) is 4.27. The monoisotopic (exact) mass is 352 g/mol. The van der Waals surface area contributed by atoms with E-state index < -0.39 is 6.10 Å². The van der Waals surface area contributed by atoms with Crippen molar-refractivity contribution >= 4 is 17.0 Å². The number of aliphatic hydroxyl groups is 1. The number of likely N-dealkylation sites (tertiary alicyclic amines) is 1. The van der Waals surface area contributed by atoms with Gasteiger partial charge in [0.05, 0.1) is 6.10 Å². The summed E-state index contributed by atoms with van der Waals surface area (Å²) in [7, 11) is 0. The molecule has 26 heavy (non-hydrogen) atoms. The highest BCUT2D eigenvalue weighted by Gasteiger charge is 2.25. The Labute approximate surface area is 152 Å². The van der Waals surface area contributed by atoms with E-state index in [0.29, 0.717) is 6.54 Å². The standard InChI is InChI=1S/C19H24N6O/c1-13-3-2-4-15(9-13)23-19-18-14(5-8-25(18)22-12-21-19)10-24-7-6-16(20)17(26)11-24/h2-5,8-9,12,16-17,26H,6-7,10-11,20H2,1H3,(H,21,22,23)/t16-,17-/m1/s1. The Balaban J connectivity index is 1.62. The second-order valence-corrected chi connectivity index (χ2v) is 6.99. The summed E-state index contributed by atoms with van der Waals surface area (Å²) in [5.74, 6) is 0.778. The van der Waals surface area contributed by atoms with Gasteiger partial charge in [-0.15, -0.1) is 0 Å². The lowest BCUT2D eigenvalue weighted by Gasteiger charge is -2.33. The maximum absolute atomic E-state index is 10.1. The molecule has 4 rings (SSSR count). The Morgan fingerprint density at radius 3 is 3.04 bits per heavy atom. The van der Waals surface area contributed by atoms with Crippen LogP contribution in [0.5, 0.6) is 0 Å². The third-order valence-corrected chi connectivity index (χ3v) is 4.93. The molecular formula is C19H24N6O. The van der Waals surface area contributed by atoms with Crippen LogP contribution in [0.2, 0.25) is 0 Å². The number of aryl methyl sites for hydroxylation is 1. The lowest BCUT2D eigenvalue weighted by Crippen LogP contribution is -2.50. The summed E-state index contributed by atoms with van der Waals surface area (Å²) in [5.41, 5.74) is 10.2. The fourth-order valence-electron chi connectivity index (χ4n) is 3.50. The zero-order chi connectivity index (χ0) is 18.1. The number of piperidine rings is 1. The summed E-state index contributed by atoms with van der Waals surface area (Å²) in [6.07, 6.45) is 3.83. The highest BCUT2D eigenvalue weighted by Crippen LogP contribution is 2.25. The Morgan fingerprint density at radius 2 is 2.23 bits per heavy atom. The molecule has 0 saturated carbocycles. The van der Waals surface area contributed by atoms with Crippen LogP contribution in [-0.4, -0.2) is 49.8 Å². The molecule has 7 heteroatoms. The van der Waals surface area contributed by atoms with Crippen LogP contribution in [0.25, 0.3) is 5.52 Å². The number of benzene rings is 1. The first-order chi connectivity index (χ1) is 12.6. The summed E-state index contributed by atoms with van der Waals surface area (Å²) >= 11 is 0. The van der Waals surface area contributed by atoms with Gasteiger partial charge in [-0.05, 0) is 42.7 Å².